The van der Waals surface area contributed by atoms with Crippen LogP contribution < -0.4 is 11.1 Å². The predicted octanol–water partition coefficient (Wildman–Crippen LogP) is 3.23. The molecule has 0 aromatic heterocycles. The number of amides is 1. The number of aryl methyl sites for hydroxylation is 1. The zero-order valence-corrected chi connectivity index (χ0v) is 11.9. The van der Waals surface area contributed by atoms with Gasteiger partial charge in [-0.25, -0.2) is 0 Å². The van der Waals surface area contributed by atoms with E-state index >= 15 is 0 Å². The Kier molecular flexibility index (Phi) is 4.13. The van der Waals surface area contributed by atoms with Gasteiger partial charge in [0, 0.05) is 5.69 Å². The molecule has 1 amide bonds. The minimum absolute atomic E-state index is 0.214. The number of primary amides is 1. The highest BCUT2D eigenvalue weighted by molar-refractivity contribution is 5.88. The van der Waals surface area contributed by atoms with Crippen LogP contribution >= 0.6 is 0 Å². The molecule has 1 aliphatic rings. The Morgan fingerprint density at radius 3 is 2.84 bits per heavy atom. The van der Waals surface area contributed by atoms with Crippen LogP contribution in [0.3, 0.4) is 0 Å². The molecule has 1 saturated carbocycles. The van der Waals surface area contributed by atoms with E-state index in [9.17, 15) is 4.79 Å². The van der Waals surface area contributed by atoms with Gasteiger partial charge in [-0.1, -0.05) is 44.4 Å². The fraction of sp³-hybridized carbons (Fsp3) is 0.562. The van der Waals surface area contributed by atoms with E-state index in [1.807, 2.05) is 18.2 Å². The molecule has 2 rings (SSSR count). The summed E-state index contributed by atoms with van der Waals surface area (Å²) in [7, 11) is 0. The van der Waals surface area contributed by atoms with Gasteiger partial charge in [0.15, 0.2) is 0 Å². The Hall–Kier alpha value is -1.51. The predicted molar refractivity (Wildman–Crippen MR) is 79.0 cm³/mol. The summed E-state index contributed by atoms with van der Waals surface area (Å²) < 4.78 is 0. The van der Waals surface area contributed by atoms with Gasteiger partial charge in [0.2, 0.25) is 5.91 Å². The Balaban J connectivity index is 2.25. The van der Waals surface area contributed by atoms with Crippen molar-refractivity contribution in [3.63, 3.8) is 0 Å². The summed E-state index contributed by atoms with van der Waals surface area (Å²) >= 11 is 0. The van der Waals surface area contributed by atoms with Crippen molar-refractivity contribution in [2.75, 3.05) is 5.32 Å². The zero-order chi connectivity index (χ0) is 13.9. The first-order valence-electron chi connectivity index (χ1n) is 7.21. The van der Waals surface area contributed by atoms with Gasteiger partial charge in [-0.3, -0.25) is 4.79 Å². The van der Waals surface area contributed by atoms with Crippen LogP contribution in [0.1, 0.15) is 44.6 Å². The molecule has 3 heteroatoms. The highest BCUT2D eigenvalue weighted by Crippen LogP contribution is 2.37. The quantitative estimate of drug-likeness (QED) is 0.873. The van der Waals surface area contributed by atoms with Crippen LogP contribution in [0, 0.1) is 12.8 Å². The molecule has 3 nitrogen and oxygen atoms in total. The highest BCUT2D eigenvalue weighted by Gasteiger charge is 2.41. The average Bonchev–Trinajstić information content (AvgIpc) is 2.41. The number of nitrogens with one attached hydrogen (secondary N) is 1. The van der Waals surface area contributed by atoms with Gasteiger partial charge in [0.1, 0.15) is 5.54 Å². The largest absolute Gasteiger partial charge is 0.371 e. The highest BCUT2D eigenvalue weighted by atomic mass is 16.1. The molecule has 19 heavy (non-hydrogen) atoms. The maximum Gasteiger partial charge on any atom is 0.243 e. The van der Waals surface area contributed by atoms with Crippen LogP contribution in [0.5, 0.6) is 0 Å². The van der Waals surface area contributed by atoms with Crippen molar-refractivity contribution in [2.45, 2.75) is 51.5 Å². The van der Waals surface area contributed by atoms with Gasteiger partial charge in [0.25, 0.3) is 0 Å². The first-order valence-corrected chi connectivity index (χ1v) is 7.21. The molecule has 0 aliphatic heterocycles. The third kappa shape index (κ3) is 2.91. The zero-order valence-electron chi connectivity index (χ0n) is 11.9. The summed E-state index contributed by atoms with van der Waals surface area (Å²) in [6, 6.07) is 8.07. The normalized spacial score (nSPS) is 26.9. The fourth-order valence-corrected chi connectivity index (χ4v) is 3.11. The van der Waals surface area contributed by atoms with E-state index in [1.54, 1.807) is 0 Å². The topological polar surface area (TPSA) is 55.1 Å². The number of benzene rings is 1. The lowest BCUT2D eigenvalue weighted by Gasteiger charge is -2.40. The number of para-hydroxylation sites is 1. The molecule has 1 aliphatic carbocycles. The Morgan fingerprint density at radius 2 is 2.21 bits per heavy atom. The van der Waals surface area contributed by atoms with Crippen LogP contribution in [0.15, 0.2) is 24.3 Å². The maximum absolute atomic E-state index is 12.0. The molecule has 0 bridgehead atoms. The lowest BCUT2D eigenvalue weighted by atomic mass is 9.74. The lowest BCUT2D eigenvalue weighted by molar-refractivity contribution is -0.123. The van der Waals surface area contributed by atoms with Crippen molar-refractivity contribution < 1.29 is 4.79 Å². The molecule has 1 aromatic carbocycles. The maximum atomic E-state index is 12.0. The smallest absolute Gasteiger partial charge is 0.243 e. The summed E-state index contributed by atoms with van der Waals surface area (Å²) in [5.41, 5.74) is 7.33. The number of anilines is 1. The average molecular weight is 260 g/mol. The van der Waals surface area contributed by atoms with Crippen molar-refractivity contribution in [1.29, 1.82) is 0 Å². The first-order chi connectivity index (χ1) is 9.07. The number of carbonyl (C=O) groups excluding carboxylic acids is 1. The van der Waals surface area contributed by atoms with Crippen LogP contribution in [-0.4, -0.2) is 11.4 Å². The summed E-state index contributed by atoms with van der Waals surface area (Å²) in [4.78, 5) is 12.0. The molecule has 1 aromatic rings. The minimum Gasteiger partial charge on any atom is -0.371 e. The Bertz CT molecular complexity index is 458. The van der Waals surface area contributed by atoms with Gasteiger partial charge in [-0.05, 0) is 37.3 Å². The first kappa shape index (κ1) is 13.9. The molecular formula is C16H24N2O. The number of hydrogen-bond acceptors (Lipinski definition) is 2. The summed E-state index contributed by atoms with van der Waals surface area (Å²) in [5.74, 6) is 0.381. The number of rotatable bonds is 4. The van der Waals surface area contributed by atoms with Crippen molar-refractivity contribution >= 4 is 11.6 Å². The Morgan fingerprint density at radius 1 is 1.47 bits per heavy atom. The molecular weight excluding hydrogens is 236 g/mol. The van der Waals surface area contributed by atoms with Crippen LogP contribution in [-0.2, 0) is 4.79 Å². The van der Waals surface area contributed by atoms with Crippen LogP contribution in [0.4, 0.5) is 5.69 Å². The van der Waals surface area contributed by atoms with Gasteiger partial charge >= 0.3 is 0 Å². The van der Waals surface area contributed by atoms with Crippen molar-refractivity contribution in [1.82, 2.24) is 0 Å². The van der Waals surface area contributed by atoms with Gasteiger partial charge in [0.05, 0.1) is 0 Å². The number of carbonyl (C=O) groups is 1. The summed E-state index contributed by atoms with van der Waals surface area (Å²) in [6.45, 7) is 4.24. The fourth-order valence-electron chi connectivity index (χ4n) is 3.11. The number of nitrogens with two attached hydrogens (primary N) is 1. The van der Waals surface area contributed by atoms with Gasteiger partial charge in [-0.2, -0.15) is 0 Å². The lowest BCUT2D eigenvalue weighted by Crippen LogP contribution is -2.53. The second-order valence-corrected chi connectivity index (χ2v) is 5.76. The van der Waals surface area contributed by atoms with Crippen molar-refractivity contribution in [2.24, 2.45) is 11.7 Å². The second kappa shape index (κ2) is 5.64. The van der Waals surface area contributed by atoms with Crippen LogP contribution in [0.25, 0.3) is 0 Å². The van der Waals surface area contributed by atoms with Crippen molar-refractivity contribution in [3.8, 4) is 0 Å². The molecule has 0 spiro atoms. The SMILES string of the molecule is CCC1CCCC(Nc2ccccc2C)(C(N)=O)C1. The minimum atomic E-state index is -0.564. The molecule has 104 valence electrons. The Labute approximate surface area is 115 Å². The summed E-state index contributed by atoms with van der Waals surface area (Å²) in [6.07, 6.45) is 5.09. The van der Waals surface area contributed by atoms with E-state index in [-0.39, 0.29) is 5.91 Å². The standard InChI is InChI=1S/C16H24N2O/c1-3-13-8-6-10-16(11-13,15(17)19)18-14-9-5-4-7-12(14)2/h4-5,7,9,13,18H,3,6,8,10-11H2,1-2H3,(H2,17,19). The van der Waals surface area contributed by atoms with E-state index in [2.05, 4.69) is 25.2 Å². The monoisotopic (exact) mass is 260 g/mol. The second-order valence-electron chi connectivity index (χ2n) is 5.76. The van der Waals surface area contributed by atoms with E-state index in [0.29, 0.717) is 5.92 Å². The van der Waals surface area contributed by atoms with Crippen molar-refractivity contribution in [3.05, 3.63) is 29.8 Å². The molecule has 0 saturated heterocycles. The van der Waals surface area contributed by atoms with E-state index in [1.165, 1.54) is 6.42 Å². The van der Waals surface area contributed by atoms with Crippen LogP contribution in [0.2, 0.25) is 0 Å². The molecule has 0 heterocycles. The van der Waals surface area contributed by atoms with E-state index in [0.717, 1.165) is 36.9 Å². The molecule has 2 unspecified atom stereocenters. The van der Waals surface area contributed by atoms with Gasteiger partial charge in [-0.15, -0.1) is 0 Å². The van der Waals surface area contributed by atoms with E-state index < -0.39 is 5.54 Å². The third-order valence-electron chi connectivity index (χ3n) is 4.42. The summed E-state index contributed by atoms with van der Waals surface area (Å²) in [5, 5.41) is 3.45. The molecule has 1 fully saturated rings. The number of hydrogen-bond donors (Lipinski definition) is 2. The van der Waals surface area contributed by atoms with E-state index in [4.69, 9.17) is 5.73 Å². The molecule has 0 radical (unpaired) electrons. The molecule has 2 atom stereocenters. The molecule has 3 N–H and O–H groups in total. The van der Waals surface area contributed by atoms with Gasteiger partial charge < -0.3 is 11.1 Å². The third-order valence-corrected chi connectivity index (χ3v) is 4.42.